The van der Waals surface area contributed by atoms with Crippen LogP contribution < -0.4 is 10.0 Å². The fraction of sp³-hybridized carbons (Fsp3) is 0.250. The van der Waals surface area contributed by atoms with E-state index in [1.54, 1.807) is 0 Å². The Morgan fingerprint density at radius 3 is 2.73 bits per heavy atom. The van der Waals surface area contributed by atoms with E-state index in [1.807, 2.05) is 31.2 Å². The van der Waals surface area contributed by atoms with Crippen molar-refractivity contribution >= 4 is 27.0 Å². The van der Waals surface area contributed by atoms with Crippen molar-refractivity contribution in [2.24, 2.45) is 0 Å². The molecule has 11 heavy (non-hydrogen) atoms. The van der Waals surface area contributed by atoms with Crippen molar-refractivity contribution in [2.75, 3.05) is 6.61 Å². The molecule has 1 nitrogen and oxygen atoms in total. The van der Waals surface area contributed by atoms with Crippen LogP contribution in [0.1, 0.15) is 6.92 Å². The zero-order chi connectivity index (χ0) is 7.40. The molecule has 1 rings (SSSR count). The highest BCUT2D eigenvalue weighted by molar-refractivity contribution is 7.27. The lowest BCUT2D eigenvalue weighted by Crippen LogP contribution is -1.95. The molecule has 0 saturated heterocycles. The van der Waals surface area contributed by atoms with E-state index in [4.69, 9.17) is 4.74 Å². The molecular formula is C8H12ClOP. The minimum Gasteiger partial charge on any atom is -0.494 e. The summed E-state index contributed by atoms with van der Waals surface area (Å²) < 4.78 is 5.27. The van der Waals surface area contributed by atoms with Crippen LogP contribution in [0.25, 0.3) is 0 Å². The first-order valence-corrected chi connectivity index (χ1v) is 3.89. The monoisotopic (exact) mass is 190 g/mol. The van der Waals surface area contributed by atoms with Crippen LogP contribution in [0.15, 0.2) is 24.3 Å². The molecule has 0 fully saturated rings. The van der Waals surface area contributed by atoms with E-state index in [0.29, 0.717) is 0 Å². The SMILES string of the molecule is CCOc1cccc(P)c1.Cl. The molecule has 0 aromatic heterocycles. The normalized spacial score (nSPS) is 8.55. The van der Waals surface area contributed by atoms with Crippen molar-refractivity contribution in [2.45, 2.75) is 6.92 Å². The van der Waals surface area contributed by atoms with Crippen molar-refractivity contribution < 1.29 is 4.74 Å². The van der Waals surface area contributed by atoms with Crippen LogP contribution in [0.5, 0.6) is 5.75 Å². The molecule has 0 aliphatic rings. The number of benzene rings is 1. The van der Waals surface area contributed by atoms with Gasteiger partial charge >= 0.3 is 0 Å². The molecule has 0 amide bonds. The van der Waals surface area contributed by atoms with Crippen molar-refractivity contribution in [3.63, 3.8) is 0 Å². The summed E-state index contributed by atoms with van der Waals surface area (Å²) in [5.74, 6) is 0.940. The van der Waals surface area contributed by atoms with E-state index in [9.17, 15) is 0 Å². The average Bonchev–Trinajstić information content (AvgIpc) is 1.88. The van der Waals surface area contributed by atoms with Gasteiger partial charge in [-0.05, 0) is 24.4 Å². The predicted molar refractivity (Wildman–Crippen MR) is 54.2 cm³/mol. The molecular weight excluding hydrogens is 179 g/mol. The zero-order valence-electron chi connectivity index (χ0n) is 6.41. The Morgan fingerprint density at radius 1 is 1.45 bits per heavy atom. The maximum atomic E-state index is 5.27. The van der Waals surface area contributed by atoms with Crippen LogP contribution in [0.4, 0.5) is 0 Å². The summed E-state index contributed by atoms with van der Waals surface area (Å²) in [6.45, 7) is 2.71. The Labute approximate surface area is 75.8 Å². The molecule has 0 saturated carbocycles. The highest BCUT2D eigenvalue weighted by Crippen LogP contribution is 2.07. The van der Waals surface area contributed by atoms with Gasteiger partial charge in [-0.1, -0.05) is 12.1 Å². The molecule has 62 valence electrons. The lowest BCUT2D eigenvalue weighted by atomic mass is 10.3. The first-order chi connectivity index (χ1) is 4.83. The Bertz CT molecular complexity index is 215. The first kappa shape index (κ1) is 10.7. The van der Waals surface area contributed by atoms with Crippen molar-refractivity contribution in [3.8, 4) is 5.75 Å². The summed E-state index contributed by atoms with van der Waals surface area (Å²) in [6.07, 6.45) is 0. The quantitative estimate of drug-likeness (QED) is 0.649. The standard InChI is InChI=1S/C8H11OP.ClH/c1-2-9-7-4-3-5-8(10)6-7;/h3-6H,2,10H2,1H3;1H. The van der Waals surface area contributed by atoms with Gasteiger partial charge in [0.15, 0.2) is 0 Å². The average molecular weight is 191 g/mol. The van der Waals surface area contributed by atoms with Gasteiger partial charge in [-0.15, -0.1) is 21.6 Å². The zero-order valence-corrected chi connectivity index (χ0v) is 8.38. The van der Waals surface area contributed by atoms with Gasteiger partial charge in [0.2, 0.25) is 0 Å². The van der Waals surface area contributed by atoms with E-state index in [1.165, 1.54) is 0 Å². The lowest BCUT2D eigenvalue weighted by Gasteiger charge is -2.01. The van der Waals surface area contributed by atoms with Crippen LogP contribution in [0.2, 0.25) is 0 Å². The van der Waals surface area contributed by atoms with Crippen LogP contribution >= 0.6 is 21.6 Å². The number of ether oxygens (including phenoxy) is 1. The van der Waals surface area contributed by atoms with Crippen molar-refractivity contribution in [3.05, 3.63) is 24.3 Å². The molecule has 0 aliphatic carbocycles. The molecule has 1 aromatic carbocycles. The number of rotatable bonds is 2. The Morgan fingerprint density at radius 2 is 2.18 bits per heavy atom. The minimum atomic E-state index is 0. The maximum absolute atomic E-state index is 5.27. The van der Waals surface area contributed by atoms with Crippen molar-refractivity contribution in [1.29, 1.82) is 0 Å². The van der Waals surface area contributed by atoms with E-state index < -0.39 is 0 Å². The van der Waals surface area contributed by atoms with Gasteiger partial charge in [-0.3, -0.25) is 0 Å². The van der Waals surface area contributed by atoms with E-state index in [2.05, 4.69) is 9.24 Å². The highest BCUT2D eigenvalue weighted by atomic mass is 35.5. The molecule has 3 heteroatoms. The van der Waals surface area contributed by atoms with Gasteiger partial charge in [0, 0.05) is 0 Å². The molecule has 1 aromatic rings. The Hall–Kier alpha value is -0.260. The molecule has 0 radical (unpaired) electrons. The second-order valence-corrected chi connectivity index (χ2v) is 2.67. The largest absolute Gasteiger partial charge is 0.494 e. The predicted octanol–water partition coefficient (Wildman–Crippen LogP) is 2.01. The van der Waals surface area contributed by atoms with Gasteiger partial charge < -0.3 is 4.74 Å². The third kappa shape index (κ3) is 3.60. The molecule has 0 N–H and O–H groups in total. The molecule has 0 aliphatic heterocycles. The highest BCUT2D eigenvalue weighted by Gasteiger charge is 1.89. The molecule has 0 heterocycles. The summed E-state index contributed by atoms with van der Waals surface area (Å²) in [5, 5.41) is 1.16. The van der Waals surface area contributed by atoms with E-state index >= 15 is 0 Å². The van der Waals surface area contributed by atoms with Gasteiger partial charge in [0.25, 0.3) is 0 Å². The van der Waals surface area contributed by atoms with Crippen molar-refractivity contribution in [1.82, 2.24) is 0 Å². The number of hydrogen-bond acceptors (Lipinski definition) is 1. The summed E-state index contributed by atoms with van der Waals surface area (Å²) in [4.78, 5) is 0. The fourth-order valence-corrected chi connectivity index (χ4v) is 1.05. The number of halogens is 1. The Balaban J connectivity index is 0.000001000. The third-order valence-electron chi connectivity index (χ3n) is 1.17. The summed E-state index contributed by atoms with van der Waals surface area (Å²) in [6, 6.07) is 7.95. The topological polar surface area (TPSA) is 9.23 Å². The summed E-state index contributed by atoms with van der Waals surface area (Å²) in [5.41, 5.74) is 0. The molecule has 0 spiro atoms. The van der Waals surface area contributed by atoms with E-state index in [-0.39, 0.29) is 12.4 Å². The number of hydrogen-bond donors (Lipinski definition) is 0. The van der Waals surface area contributed by atoms with Gasteiger partial charge in [0.05, 0.1) is 6.61 Å². The fourth-order valence-electron chi connectivity index (χ4n) is 0.771. The first-order valence-electron chi connectivity index (χ1n) is 3.31. The van der Waals surface area contributed by atoms with Crippen LogP contribution in [-0.2, 0) is 0 Å². The Kier molecular flexibility index (Phi) is 5.27. The second-order valence-electron chi connectivity index (χ2n) is 2.01. The molecule has 0 bridgehead atoms. The van der Waals surface area contributed by atoms with Gasteiger partial charge in [-0.2, -0.15) is 0 Å². The van der Waals surface area contributed by atoms with Crippen LogP contribution in [0.3, 0.4) is 0 Å². The maximum Gasteiger partial charge on any atom is 0.119 e. The summed E-state index contributed by atoms with van der Waals surface area (Å²) in [7, 11) is 2.63. The second kappa shape index (κ2) is 5.40. The third-order valence-corrected chi connectivity index (χ3v) is 1.53. The summed E-state index contributed by atoms with van der Waals surface area (Å²) >= 11 is 0. The molecule has 1 unspecified atom stereocenters. The van der Waals surface area contributed by atoms with E-state index in [0.717, 1.165) is 17.7 Å². The van der Waals surface area contributed by atoms with Crippen LogP contribution in [0, 0.1) is 0 Å². The lowest BCUT2D eigenvalue weighted by molar-refractivity contribution is 0.340. The minimum absolute atomic E-state index is 0. The molecule has 1 atom stereocenters. The smallest absolute Gasteiger partial charge is 0.119 e. The van der Waals surface area contributed by atoms with Gasteiger partial charge in [-0.25, -0.2) is 0 Å². The van der Waals surface area contributed by atoms with Crippen LogP contribution in [-0.4, -0.2) is 6.61 Å². The van der Waals surface area contributed by atoms with Gasteiger partial charge in [0.1, 0.15) is 5.75 Å².